The van der Waals surface area contributed by atoms with Crippen molar-refractivity contribution in [3.05, 3.63) is 54.1 Å². The van der Waals surface area contributed by atoms with Gasteiger partial charge in [0.1, 0.15) is 0 Å². The van der Waals surface area contributed by atoms with Gasteiger partial charge >= 0.3 is 6.01 Å². The first-order valence-electron chi connectivity index (χ1n) is 8.40. The summed E-state index contributed by atoms with van der Waals surface area (Å²) in [6.07, 6.45) is 0. The number of hydrogen-bond donors (Lipinski definition) is 2. The summed E-state index contributed by atoms with van der Waals surface area (Å²) in [5, 5.41) is 23.6. The van der Waals surface area contributed by atoms with Crippen LogP contribution in [0.15, 0.2) is 48.5 Å². The number of tetrazole rings is 1. The van der Waals surface area contributed by atoms with Crippen LogP contribution in [0.25, 0.3) is 5.69 Å². The van der Waals surface area contributed by atoms with Crippen molar-refractivity contribution in [2.75, 3.05) is 19.8 Å². The first-order chi connectivity index (χ1) is 12.8. The summed E-state index contributed by atoms with van der Waals surface area (Å²) in [5.74, 6) is 1.14. The molecule has 0 atom stereocenters. The largest absolute Gasteiger partial charge is 0.490 e. The number of aromatic nitrogens is 4. The molecular weight excluding hydrogens is 334 g/mol. The Kier molecular flexibility index (Phi) is 6.13. The van der Waals surface area contributed by atoms with E-state index in [0.717, 1.165) is 11.3 Å². The van der Waals surface area contributed by atoms with Crippen molar-refractivity contribution >= 4 is 0 Å². The lowest BCUT2D eigenvalue weighted by molar-refractivity contribution is 0.291. The Bertz CT molecular complexity index is 823. The van der Waals surface area contributed by atoms with Crippen LogP contribution in [0.5, 0.6) is 17.5 Å². The quantitative estimate of drug-likeness (QED) is 0.566. The Morgan fingerprint density at radius 3 is 2.73 bits per heavy atom. The average molecular weight is 355 g/mol. The normalized spacial score (nSPS) is 10.7. The highest BCUT2D eigenvalue weighted by atomic mass is 16.5. The van der Waals surface area contributed by atoms with Gasteiger partial charge in [-0.2, -0.15) is 4.68 Å². The number of hydrogen-bond acceptors (Lipinski definition) is 7. The summed E-state index contributed by atoms with van der Waals surface area (Å²) in [5.41, 5.74) is 1.83. The molecule has 8 nitrogen and oxygen atoms in total. The van der Waals surface area contributed by atoms with Gasteiger partial charge in [0.15, 0.2) is 11.5 Å². The van der Waals surface area contributed by atoms with Crippen LogP contribution in [0.1, 0.15) is 12.5 Å². The molecule has 0 aliphatic carbocycles. The summed E-state index contributed by atoms with van der Waals surface area (Å²) < 4.78 is 13.1. The van der Waals surface area contributed by atoms with Gasteiger partial charge in [-0.1, -0.05) is 29.4 Å². The highest BCUT2D eigenvalue weighted by Gasteiger charge is 2.14. The Balaban J connectivity index is 1.82. The molecule has 3 rings (SSSR count). The van der Waals surface area contributed by atoms with Gasteiger partial charge in [-0.25, -0.2) is 0 Å². The van der Waals surface area contributed by atoms with E-state index in [2.05, 4.69) is 20.8 Å². The van der Waals surface area contributed by atoms with Crippen molar-refractivity contribution in [2.45, 2.75) is 13.5 Å². The second kappa shape index (κ2) is 8.93. The number of nitrogens with one attached hydrogen (secondary N) is 1. The molecule has 0 aliphatic rings. The Morgan fingerprint density at radius 2 is 1.96 bits per heavy atom. The summed E-state index contributed by atoms with van der Waals surface area (Å²) in [7, 11) is 0. The van der Waals surface area contributed by atoms with E-state index in [1.165, 1.54) is 4.68 Å². The summed E-state index contributed by atoms with van der Waals surface area (Å²) in [6, 6.07) is 15.4. The standard InChI is InChI=1S/C18H21N5O3/c1-2-25-17-12-14(13-19-10-11-24)8-9-16(17)26-18-20-21-22-23(18)15-6-4-3-5-7-15/h3-9,12,19,24H,2,10-11,13H2,1H3. The fraction of sp³-hybridized carbons (Fsp3) is 0.278. The van der Waals surface area contributed by atoms with E-state index >= 15 is 0 Å². The van der Waals surface area contributed by atoms with Crippen LogP contribution >= 0.6 is 0 Å². The lowest BCUT2D eigenvalue weighted by Gasteiger charge is -2.13. The van der Waals surface area contributed by atoms with Crippen LogP contribution in [0.3, 0.4) is 0 Å². The third-order valence-electron chi connectivity index (χ3n) is 3.57. The number of ether oxygens (including phenoxy) is 2. The van der Waals surface area contributed by atoms with Crippen molar-refractivity contribution in [1.82, 2.24) is 25.5 Å². The highest BCUT2D eigenvalue weighted by molar-refractivity contribution is 5.44. The molecule has 0 saturated carbocycles. The summed E-state index contributed by atoms with van der Waals surface area (Å²) in [6.45, 7) is 3.68. The summed E-state index contributed by atoms with van der Waals surface area (Å²) >= 11 is 0. The van der Waals surface area contributed by atoms with Crippen LogP contribution in [-0.4, -0.2) is 45.1 Å². The number of para-hydroxylation sites is 1. The molecule has 1 heterocycles. The average Bonchev–Trinajstić information content (AvgIpc) is 3.13. The van der Waals surface area contributed by atoms with Gasteiger partial charge in [0.05, 0.1) is 18.9 Å². The zero-order chi connectivity index (χ0) is 18.2. The first-order valence-corrected chi connectivity index (χ1v) is 8.40. The minimum Gasteiger partial charge on any atom is -0.490 e. The van der Waals surface area contributed by atoms with E-state index in [1.54, 1.807) is 0 Å². The van der Waals surface area contributed by atoms with Crippen molar-refractivity contribution in [3.63, 3.8) is 0 Å². The van der Waals surface area contributed by atoms with Gasteiger partial charge in [-0.05, 0) is 47.2 Å². The van der Waals surface area contributed by atoms with E-state index < -0.39 is 0 Å². The molecule has 0 unspecified atom stereocenters. The lowest BCUT2D eigenvalue weighted by atomic mass is 10.2. The van der Waals surface area contributed by atoms with Crippen LogP contribution in [0, 0.1) is 0 Å². The topological polar surface area (TPSA) is 94.3 Å². The molecule has 0 radical (unpaired) electrons. The van der Waals surface area contributed by atoms with Crippen molar-refractivity contribution < 1.29 is 14.6 Å². The maximum Gasteiger partial charge on any atom is 0.346 e. The molecule has 8 heteroatoms. The fourth-order valence-electron chi connectivity index (χ4n) is 2.40. The van der Waals surface area contributed by atoms with Crippen LogP contribution in [-0.2, 0) is 6.54 Å². The van der Waals surface area contributed by atoms with E-state index in [1.807, 2.05) is 55.5 Å². The third-order valence-corrected chi connectivity index (χ3v) is 3.57. The number of benzene rings is 2. The number of aliphatic hydroxyl groups is 1. The third kappa shape index (κ3) is 4.35. The van der Waals surface area contributed by atoms with E-state index in [4.69, 9.17) is 14.6 Å². The number of rotatable bonds is 9. The Hall–Kier alpha value is -2.97. The van der Waals surface area contributed by atoms with E-state index in [-0.39, 0.29) is 12.6 Å². The molecule has 0 saturated heterocycles. The smallest absolute Gasteiger partial charge is 0.346 e. The molecule has 0 spiro atoms. The molecule has 26 heavy (non-hydrogen) atoms. The maximum atomic E-state index is 8.86. The second-order valence-corrected chi connectivity index (χ2v) is 5.43. The van der Waals surface area contributed by atoms with Crippen molar-refractivity contribution in [3.8, 4) is 23.2 Å². The van der Waals surface area contributed by atoms with Gasteiger partial charge < -0.3 is 19.9 Å². The molecule has 2 aromatic carbocycles. The zero-order valence-corrected chi connectivity index (χ0v) is 14.5. The molecule has 136 valence electrons. The predicted molar refractivity (Wildman–Crippen MR) is 95.6 cm³/mol. The van der Waals surface area contributed by atoms with E-state index in [9.17, 15) is 0 Å². The molecule has 2 N–H and O–H groups in total. The number of aliphatic hydroxyl groups excluding tert-OH is 1. The van der Waals surface area contributed by atoms with Crippen LogP contribution < -0.4 is 14.8 Å². The Morgan fingerprint density at radius 1 is 1.12 bits per heavy atom. The molecule has 1 aromatic heterocycles. The molecular formula is C18H21N5O3. The van der Waals surface area contributed by atoms with Gasteiger partial charge in [0, 0.05) is 13.1 Å². The van der Waals surface area contributed by atoms with Gasteiger partial charge in [-0.15, -0.1) is 0 Å². The molecule has 3 aromatic rings. The SMILES string of the molecule is CCOc1cc(CNCCO)ccc1Oc1nnnn1-c1ccccc1. The highest BCUT2D eigenvalue weighted by Crippen LogP contribution is 2.32. The Labute approximate surface area is 151 Å². The number of nitrogens with zero attached hydrogens (tertiary/aromatic N) is 4. The van der Waals surface area contributed by atoms with E-state index in [0.29, 0.717) is 31.2 Å². The fourth-order valence-corrected chi connectivity index (χ4v) is 2.40. The van der Waals surface area contributed by atoms with Gasteiger partial charge in [0.25, 0.3) is 0 Å². The monoisotopic (exact) mass is 355 g/mol. The van der Waals surface area contributed by atoms with Gasteiger partial charge in [-0.3, -0.25) is 0 Å². The van der Waals surface area contributed by atoms with Crippen LogP contribution in [0.2, 0.25) is 0 Å². The van der Waals surface area contributed by atoms with Gasteiger partial charge in [0.2, 0.25) is 0 Å². The molecule has 0 bridgehead atoms. The molecule has 0 fully saturated rings. The summed E-state index contributed by atoms with van der Waals surface area (Å²) in [4.78, 5) is 0. The maximum absolute atomic E-state index is 8.86. The predicted octanol–water partition coefficient (Wildman–Crippen LogP) is 1.94. The minimum absolute atomic E-state index is 0.0989. The lowest BCUT2D eigenvalue weighted by Crippen LogP contribution is -2.17. The zero-order valence-electron chi connectivity index (χ0n) is 14.5. The van der Waals surface area contributed by atoms with Crippen molar-refractivity contribution in [1.29, 1.82) is 0 Å². The first kappa shape index (κ1) is 17.8. The van der Waals surface area contributed by atoms with Crippen LogP contribution in [0.4, 0.5) is 0 Å². The molecule has 0 amide bonds. The minimum atomic E-state index is 0.0989. The van der Waals surface area contributed by atoms with Crippen molar-refractivity contribution in [2.24, 2.45) is 0 Å². The second-order valence-electron chi connectivity index (χ2n) is 5.43. The molecule has 0 aliphatic heterocycles.